The Morgan fingerprint density at radius 2 is 1.59 bits per heavy atom. The van der Waals surface area contributed by atoms with E-state index in [1.165, 1.54) is 11.6 Å². The molecule has 16 heteroatoms. The minimum atomic E-state index is -2.51. The highest BCUT2D eigenvalue weighted by atomic mass is 16.7. The molecule has 5 aromatic rings. The minimum absolute atomic E-state index is 0.0143. The van der Waals surface area contributed by atoms with Gasteiger partial charge in [0.05, 0.1) is 46.5 Å². The highest BCUT2D eigenvalue weighted by Crippen LogP contribution is 2.80. The summed E-state index contributed by atoms with van der Waals surface area (Å²) in [5.74, 6) is 4.05. The predicted molar refractivity (Wildman–Crippen MR) is 329 cm³/mol. The van der Waals surface area contributed by atoms with Crippen molar-refractivity contribution in [2.45, 2.75) is 220 Å². The molecule has 12 bridgehead atoms. The van der Waals surface area contributed by atoms with E-state index in [2.05, 4.69) is 27.1 Å². The van der Waals surface area contributed by atoms with E-state index < -0.39 is 75.6 Å². The number of imidazole rings is 1. The Bertz CT molecular complexity index is 4310. The summed E-state index contributed by atoms with van der Waals surface area (Å²) in [6, 6.07) is 6.32. The number of aryl methyl sites for hydroxylation is 1. The second-order valence-electron chi connectivity index (χ2n) is 31.8. The fraction of sp³-hybridized carbons (Fsp3) is 0.581. The number of H-pyrrole nitrogens is 2. The van der Waals surface area contributed by atoms with Gasteiger partial charge >= 0.3 is 0 Å². The molecule has 2 aromatic carbocycles. The summed E-state index contributed by atoms with van der Waals surface area (Å²) < 4.78 is 15.4. The lowest BCUT2D eigenvalue weighted by Crippen LogP contribution is -2.79. The monoisotopic (exact) mass is 1210 g/mol. The maximum Gasteiger partial charge on any atom is 0.261 e. The highest BCUT2D eigenvalue weighted by molar-refractivity contribution is 6.34. The van der Waals surface area contributed by atoms with E-state index >= 15 is 9.59 Å². The third-order valence-corrected chi connectivity index (χ3v) is 28.3. The highest BCUT2D eigenvalue weighted by Gasteiger charge is 2.79. The first kappa shape index (κ1) is 54.1. The molecule has 17 aliphatic rings. The molecular formula is C74H77N5O11. The number of carbonyl (C=O) groups excluding carboxylic acids is 3. The summed E-state index contributed by atoms with van der Waals surface area (Å²) in [6.07, 6.45) is 16.0. The summed E-state index contributed by atoms with van der Waals surface area (Å²) in [7, 11) is 0. The van der Waals surface area contributed by atoms with Gasteiger partial charge in [0.25, 0.3) is 5.79 Å². The first-order valence-corrected chi connectivity index (χ1v) is 34.1. The molecule has 9 spiro atoms. The Balaban J connectivity index is 0.938. The number of nitrogens with zero attached hydrogens (tertiary/aromatic N) is 2. The van der Waals surface area contributed by atoms with Gasteiger partial charge in [0.2, 0.25) is 5.78 Å². The zero-order chi connectivity index (χ0) is 60.8. The van der Waals surface area contributed by atoms with Crippen molar-refractivity contribution in [2.24, 2.45) is 38.9 Å². The number of ether oxygens (including phenoxy) is 2. The Hall–Kier alpha value is -6.45. The van der Waals surface area contributed by atoms with Crippen molar-refractivity contribution in [2.75, 3.05) is 11.9 Å². The summed E-state index contributed by atoms with van der Waals surface area (Å²) in [5, 5.41) is 85.9. The number of nitrogens with one attached hydrogen (secondary N) is 3. The molecule has 16 nitrogen and oxygen atoms in total. The number of aliphatic hydroxyl groups is 5. The van der Waals surface area contributed by atoms with Crippen molar-refractivity contribution >= 4 is 39.5 Å². The van der Waals surface area contributed by atoms with E-state index in [4.69, 9.17) is 19.4 Å². The molecular weight excluding hydrogens is 1130 g/mol. The number of fused-ring (bicyclic) bond motifs is 9. The van der Waals surface area contributed by atoms with Crippen LogP contribution < -0.4 is 10.1 Å². The number of aliphatic hydroxyl groups excluding tert-OH is 5. The molecule has 9 N–H and O–H groups in total. The number of aromatic hydroxyl groups is 1. The third kappa shape index (κ3) is 6.02. The van der Waals surface area contributed by atoms with Gasteiger partial charge in [0.1, 0.15) is 35.3 Å². The van der Waals surface area contributed by atoms with Crippen LogP contribution in [0, 0.1) is 57.7 Å². The topological polar surface area (TPSA) is 260 Å². The first-order valence-electron chi connectivity index (χ1n) is 34.1. The van der Waals surface area contributed by atoms with E-state index in [-0.39, 0.29) is 73.8 Å². The number of anilines is 1. The Kier molecular flexibility index (Phi) is 10.4. The van der Waals surface area contributed by atoms with Crippen LogP contribution in [-0.4, -0.2) is 116 Å². The second-order valence-corrected chi connectivity index (χ2v) is 31.8. The number of carbonyl (C=O) groups is 3. The van der Waals surface area contributed by atoms with Crippen LogP contribution in [0.25, 0.3) is 16.3 Å². The van der Waals surface area contributed by atoms with Crippen molar-refractivity contribution in [1.82, 2.24) is 19.9 Å². The fourth-order valence-electron chi connectivity index (χ4n) is 25.0. The standard InChI is InChI=1S/C74H77N5O11/c1-36-26-42-49(46(81)27-36)57(84)52-47-28-41-39(50(52)56(42)83)13-25-75-64(41)76-32-48(82)71-34-68(16-4-5-17-68)44-9-7-19-70-18-6-8-37-29-67(20-10-38(80)11-21-67)60-61(78-35-77-60)73(37,70)59-40(12-22-70)51(54(44)71)55(79-59)43-30-72(89-47)62(86)58(85)63(87)74(90-72)53(43)45(71)31-69(65(74)88)24-23-66(33-69)14-2-3-15-66/h13,25-28,30,35,37,44,48,54,58,62-63,65,79,81-82,85-88H,2-6,8,10-12,14-24,29,31-34H2,1H3,(H,75,76)(H,77,78)/t37-,44+,48-,54+,58-,62-,63+,65-,69-,70-,71+,72-,73-,74+/m1/s1. The molecule has 22 rings (SSSR count). The number of aromatic amines is 2. The van der Waals surface area contributed by atoms with Crippen molar-refractivity contribution in [3.05, 3.63) is 116 Å². The van der Waals surface area contributed by atoms with Gasteiger partial charge in [0.15, 0.2) is 17.5 Å². The number of phenolic OH excluding ortho intramolecular Hbond substituents is 1. The average molecular weight is 1210 g/mol. The van der Waals surface area contributed by atoms with Crippen molar-refractivity contribution < 1.29 is 54.5 Å². The van der Waals surface area contributed by atoms with Crippen LogP contribution in [0.15, 0.2) is 54.0 Å². The number of phenols is 1. The van der Waals surface area contributed by atoms with Gasteiger partial charge in [-0.2, -0.15) is 0 Å². The van der Waals surface area contributed by atoms with Crippen LogP contribution in [0.2, 0.25) is 0 Å². The van der Waals surface area contributed by atoms with Crippen LogP contribution in [0.5, 0.6) is 11.5 Å². The fourth-order valence-corrected chi connectivity index (χ4v) is 25.0. The Labute approximate surface area is 521 Å². The van der Waals surface area contributed by atoms with Gasteiger partial charge < -0.3 is 55.4 Å². The number of benzene rings is 2. The van der Waals surface area contributed by atoms with E-state index in [0.29, 0.717) is 84.0 Å². The lowest BCUT2D eigenvalue weighted by atomic mass is 9.39. The summed E-state index contributed by atoms with van der Waals surface area (Å²) in [4.78, 5) is 63.0. The molecule has 6 saturated carbocycles. The minimum Gasteiger partial charge on any atom is -0.507 e. The lowest BCUT2D eigenvalue weighted by Gasteiger charge is -2.64. The number of hydrogen-bond donors (Lipinski definition) is 9. The molecule has 14 atom stereocenters. The van der Waals surface area contributed by atoms with E-state index in [1.807, 2.05) is 6.33 Å². The zero-order valence-electron chi connectivity index (χ0n) is 51.0. The quantitative estimate of drug-likeness (QED) is 0.0642. The van der Waals surface area contributed by atoms with Gasteiger partial charge in [-0.15, -0.1) is 5.92 Å². The van der Waals surface area contributed by atoms with Crippen LogP contribution >= 0.6 is 0 Å². The molecule has 7 fully saturated rings. The summed E-state index contributed by atoms with van der Waals surface area (Å²) in [5.41, 5.74) is 2.24. The molecule has 0 unspecified atom stereocenters. The summed E-state index contributed by atoms with van der Waals surface area (Å²) in [6.45, 7) is 1.72. The maximum absolute atomic E-state index is 15.7. The summed E-state index contributed by atoms with van der Waals surface area (Å²) >= 11 is 0. The molecule has 0 radical (unpaired) electrons. The Morgan fingerprint density at radius 1 is 0.778 bits per heavy atom. The normalized spacial score (nSPS) is 40.0. The van der Waals surface area contributed by atoms with Gasteiger partial charge in [0, 0.05) is 93.6 Å². The van der Waals surface area contributed by atoms with Crippen molar-refractivity contribution in [1.29, 1.82) is 0 Å². The van der Waals surface area contributed by atoms with Crippen molar-refractivity contribution in [3.8, 4) is 23.3 Å². The molecule has 1 saturated heterocycles. The van der Waals surface area contributed by atoms with Crippen molar-refractivity contribution in [3.63, 3.8) is 0 Å². The Morgan fingerprint density at radius 3 is 2.41 bits per heavy atom. The van der Waals surface area contributed by atoms with Gasteiger partial charge in [-0.25, -0.2) is 9.97 Å². The largest absolute Gasteiger partial charge is 0.507 e. The van der Waals surface area contributed by atoms with Crippen LogP contribution in [0.1, 0.15) is 225 Å². The first-order chi connectivity index (χ1) is 43.4. The average Bonchev–Trinajstić information content (AvgIpc) is 1.24. The number of Topliss-reactive ketones (excluding diaryl/α,β-unsaturated/α-hetero) is 1. The molecule has 4 aliphatic heterocycles. The van der Waals surface area contributed by atoms with E-state index in [0.717, 1.165) is 143 Å². The molecule has 3 aromatic heterocycles. The maximum atomic E-state index is 15.7. The number of hydrogen-bond acceptors (Lipinski definition) is 14. The van der Waals surface area contributed by atoms with Crippen LogP contribution in [-0.2, 0) is 26.8 Å². The van der Waals surface area contributed by atoms with Gasteiger partial charge in [-0.05, 0) is 190 Å². The number of rotatable bonds is 0. The van der Waals surface area contributed by atoms with E-state index in [9.17, 15) is 35.4 Å². The molecule has 0 amide bonds. The lowest BCUT2D eigenvalue weighted by molar-refractivity contribution is -0.366. The SMILES string of the molecule is Cc1cc(O)c2c(c1)C(=O)c1c(c3cc4c(nccc14)NC[C@@H](O)[C@@]14CC5(CCCC5)[C@H]5C#CC[C@@]67CCC[C@@H]8CC9(CCC(=O)CC9)c9nc[nH]c9[C@]86c6[nH]c(c(c6CC7)[C@H]51)C1=C[C@@]5(O3)O[C@@]3(C1=C4C[C@@]1(CCC4(CCCC4)C1)[C@H]3O)[C@@H](O)[C@H](O)[C@H]5O)C2=O. The number of pyridine rings is 1. The number of aromatic nitrogens is 4. The van der Waals surface area contributed by atoms with E-state index in [1.54, 1.807) is 37.4 Å². The molecule has 90 heavy (non-hydrogen) atoms. The zero-order valence-corrected chi connectivity index (χ0v) is 51.0. The second kappa shape index (κ2) is 17.2. The smallest absolute Gasteiger partial charge is 0.261 e. The van der Waals surface area contributed by atoms with Gasteiger partial charge in [-0.3, -0.25) is 14.4 Å². The number of ketones is 3. The van der Waals surface area contributed by atoms with Crippen LogP contribution in [0.3, 0.4) is 0 Å². The third-order valence-electron chi connectivity index (χ3n) is 28.3. The predicted octanol–water partition coefficient (Wildman–Crippen LogP) is 9.55. The molecule has 7 heterocycles. The molecule has 464 valence electrons. The molecule has 13 aliphatic carbocycles. The van der Waals surface area contributed by atoms with Gasteiger partial charge in [-0.1, -0.05) is 43.6 Å². The van der Waals surface area contributed by atoms with Crippen LogP contribution in [0.4, 0.5) is 5.82 Å².